The van der Waals surface area contributed by atoms with Gasteiger partial charge in [0.25, 0.3) is 0 Å². The molecule has 0 saturated carbocycles. The lowest BCUT2D eigenvalue weighted by Gasteiger charge is -2.34. The predicted octanol–water partition coefficient (Wildman–Crippen LogP) is 5.27. The van der Waals surface area contributed by atoms with Crippen molar-refractivity contribution in [1.29, 1.82) is 0 Å². The number of ether oxygens (including phenoxy) is 1. The molecule has 3 rings (SSSR count). The van der Waals surface area contributed by atoms with Crippen LogP contribution < -0.4 is 5.32 Å². The molecule has 1 aliphatic heterocycles. The van der Waals surface area contributed by atoms with E-state index in [1.54, 1.807) is 0 Å². The Hall–Kier alpha value is -0.420. The monoisotopic (exact) mass is 367 g/mol. The van der Waals surface area contributed by atoms with Gasteiger partial charge in [-0.25, -0.2) is 0 Å². The number of hydrogen-bond donors (Lipinski definition) is 1. The molecule has 4 heteroatoms. The summed E-state index contributed by atoms with van der Waals surface area (Å²) in [5.41, 5.74) is 1.29. The highest BCUT2D eigenvalue weighted by molar-refractivity contribution is 9.10. The topological polar surface area (TPSA) is 21.3 Å². The summed E-state index contributed by atoms with van der Waals surface area (Å²) in [7, 11) is 0. The van der Waals surface area contributed by atoms with E-state index >= 15 is 0 Å². The molecule has 2 heterocycles. The second-order valence-electron chi connectivity index (χ2n) is 5.96. The maximum atomic E-state index is 6.13. The Kier molecular flexibility index (Phi) is 4.69. The third-order valence-electron chi connectivity index (χ3n) is 4.35. The lowest BCUT2D eigenvalue weighted by Crippen LogP contribution is -2.41. The summed E-state index contributed by atoms with van der Waals surface area (Å²) in [4.78, 5) is 0. The number of thiophene rings is 1. The minimum Gasteiger partial charge on any atom is -0.373 e. The quantitative estimate of drug-likeness (QED) is 0.776. The normalized spacial score (nSPS) is 23.8. The molecule has 0 aliphatic carbocycles. The van der Waals surface area contributed by atoms with E-state index in [9.17, 15) is 0 Å². The average molecular weight is 368 g/mol. The van der Waals surface area contributed by atoms with E-state index in [-0.39, 0.29) is 11.6 Å². The van der Waals surface area contributed by atoms with Gasteiger partial charge in [0, 0.05) is 15.8 Å². The van der Waals surface area contributed by atoms with Gasteiger partial charge in [-0.15, -0.1) is 11.3 Å². The lowest BCUT2D eigenvalue weighted by molar-refractivity contribution is -0.0119. The van der Waals surface area contributed by atoms with Crippen molar-refractivity contribution in [3.63, 3.8) is 0 Å². The van der Waals surface area contributed by atoms with E-state index in [1.807, 2.05) is 11.3 Å². The zero-order chi connectivity index (χ0) is 14.9. The van der Waals surface area contributed by atoms with Crippen LogP contribution in [0.1, 0.15) is 44.7 Å². The molecule has 1 fully saturated rings. The van der Waals surface area contributed by atoms with Crippen LogP contribution in [0.3, 0.4) is 0 Å². The standard InChI is InChI=1S/C17H22BrNOS/c1-3-9-19-16(17(2)8-5-10-20-17)13-11-21-15-12(13)6-4-7-14(15)18/h4,6-7,11,16,19H,3,5,8-10H2,1-2H3. The SMILES string of the molecule is CCCNC(c1csc2c(Br)cccc12)C1(C)CCCO1. The molecule has 0 bridgehead atoms. The molecule has 1 N–H and O–H groups in total. The molecule has 0 radical (unpaired) electrons. The minimum absolute atomic E-state index is 0.0918. The number of fused-ring (bicyclic) bond motifs is 1. The van der Waals surface area contributed by atoms with Crippen LogP contribution in [0.4, 0.5) is 0 Å². The molecule has 2 atom stereocenters. The molecule has 21 heavy (non-hydrogen) atoms. The van der Waals surface area contributed by atoms with Gasteiger partial charge in [-0.3, -0.25) is 0 Å². The van der Waals surface area contributed by atoms with Gasteiger partial charge in [0.2, 0.25) is 0 Å². The molecule has 0 spiro atoms. The van der Waals surface area contributed by atoms with Gasteiger partial charge in [-0.2, -0.15) is 0 Å². The lowest BCUT2D eigenvalue weighted by atomic mass is 9.87. The highest BCUT2D eigenvalue weighted by Crippen LogP contribution is 2.43. The van der Waals surface area contributed by atoms with Crippen molar-refractivity contribution in [2.24, 2.45) is 0 Å². The molecule has 2 nitrogen and oxygen atoms in total. The van der Waals surface area contributed by atoms with E-state index in [2.05, 4.69) is 58.7 Å². The summed E-state index contributed by atoms with van der Waals surface area (Å²) in [5.74, 6) is 0. The number of halogens is 1. The van der Waals surface area contributed by atoms with Crippen molar-refractivity contribution in [3.8, 4) is 0 Å². The number of hydrogen-bond acceptors (Lipinski definition) is 3. The molecule has 2 unspecified atom stereocenters. The van der Waals surface area contributed by atoms with Crippen molar-refractivity contribution in [1.82, 2.24) is 5.32 Å². The predicted molar refractivity (Wildman–Crippen MR) is 94.2 cm³/mol. The van der Waals surface area contributed by atoms with E-state index in [1.165, 1.54) is 20.1 Å². The first-order valence-electron chi connectivity index (χ1n) is 7.68. The first-order valence-corrected chi connectivity index (χ1v) is 9.36. The summed E-state index contributed by atoms with van der Waals surface area (Å²) < 4.78 is 8.65. The second kappa shape index (κ2) is 6.37. The van der Waals surface area contributed by atoms with Crippen molar-refractivity contribution < 1.29 is 4.74 Å². The zero-order valence-corrected chi connectivity index (χ0v) is 15.0. The Labute approximate surface area is 139 Å². The summed E-state index contributed by atoms with van der Waals surface area (Å²) in [6, 6.07) is 6.73. The molecule has 2 aromatic rings. The van der Waals surface area contributed by atoms with E-state index in [4.69, 9.17) is 4.74 Å². The number of benzene rings is 1. The Morgan fingerprint density at radius 2 is 2.33 bits per heavy atom. The number of nitrogens with one attached hydrogen (secondary N) is 1. The summed E-state index contributed by atoms with van der Waals surface area (Å²) in [5, 5.41) is 7.38. The molecular weight excluding hydrogens is 346 g/mol. The third-order valence-corrected chi connectivity index (χ3v) is 6.32. The fraction of sp³-hybridized carbons (Fsp3) is 0.529. The highest BCUT2D eigenvalue weighted by Gasteiger charge is 2.40. The Morgan fingerprint density at radius 3 is 3.05 bits per heavy atom. The van der Waals surface area contributed by atoms with Gasteiger partial charge in [0.1, 0.15) is 0 Å². The van der Waals surface area contributed by atoms with Gasteiger partial charge >= 0.3 is 0 Å². The fourth-order valence-electron chi connectivity index (χ4n) is 3.24. The summed E-state index contributed by atoms with van der Waals surface area (Å²) >= 11 is 5.49. The molecule has 114 valence electrons. The van der Waals surface area contributed by atoms with Crippen LogP contribution >= 0.6 is 27.3 Å². The van der Waals surface area contributed by atoms with Crippen molar-refractivity contribution in [2.45, 2.75) is 44.8 Å². The largest absolute Gasteiger partial charge is 0.373 e. The second-order valence-corrected chi connectivity index (χ2v) is 7.69. The van der Waals surface area contributed by atoms with Crippen LogP contribution in [0.2, 0.25) is 0 Å². The summed E-state index contributed by atoms with van der Waals surface area (Å²) in [6.07, 6.45) is 3.42. The highest BCUT2D eigenvalue weighted by atomic mass is 79.9. The number of rotatable bonds is 5. The van der Waals surface area contributed by atoms with Gasteiger partial charge in [0.05, 0.1) is 11.6 Å². The van der Waals surface area contributed by atoms with Gasteiger partial charge < -0.3 is 10.1 Å². The Bertz CT molecular complexity index is 618. The van der Waals surface area contributed by atoms with Crippen molar-refractivity contribution >= 4 is 37.4 Å². The van der Waals surface area contributed by atoms with E-state index in [0.29, 0.717) is 0 Å². The van der Waals surface area contributed by atoms with E-state index < -0.39 is 0 Å². The van der Waals surface area contributed by atoms with Crippen molar-refractivity contribution in [3.05, 3.63) is 33.6 Å². The van der Waals surface area contributed by atoms with Crippen LogP contribution in [0.25, 0.3) is 10.1 Å². The third kappa shape index (κ3) is 2.91. The summed E-state index contributed by atoms with van der Waals surface area (Å²) in [6.45, 7) is 6.38. The maximum absolute atomic E-state index is 6.13. The minimum atomic E-state index is -0.0918. The molecule has 1 aromatic heterocycles. The van der Waals surface area contributed by atoms with E-state index in [0.717, 1.165) is 32.4 Å². The Balaban J connectivity index is 2.03. The molecule has 1 saturated heterocycles. The average Bonchev–Trinajstić information content (AvgIpc) is 3.08. The molecule has 0 amide bonds. The fourth-order valence-corrected chi connectivity index (χ4v) is 4.89. The smallest absolute Gasteiger partial charge is 0.0849 e. The Morgan fingerprint density at radius 1 is 1.48 bits per heavy atom. The molecule has 1 aliphatic rings. The van der Waals surface area contributed by atoms with Crippen LogP contribution in [-0.4, -0.2) is 18.8 Å². The maximum Gasteiger partial charge on any atom is 0.0849 e. The van der Waals surface area contributed by atoms with Crippen molar-refractivity contribution in [2.75, 3.05) is 13.2 Å². The van der Waals surface area contributed by atoms with Crippen LogP contribution in [0, 0.1) is 0 Å². The van der Waals surface area contributed by atoms with Gasteiger partial charge in [0.15, 0.2) is 0 Å². The molecular formula is C17H22BrNOS. The zero-order valence-electron chi connectivity index (χ0n) is 12.6. The van der Waals surface area contributed by atoms with Crippen LogP contribution in [0.15, 0.2) is 28.1 Å². The molecule has 1 aromatic carbocycles. The van der Waals surface area contributed by atoms with Gasteiger partial charge in [-0.1, -0.05) is 19.1 Å². The first kappa shape index (κ1) is 15.5. The van der Waals surface area contributed by atoms with Crippen LogP contribution in [-0.2, 0) is 4.74 Å². The van der Waals surface area contributed by atoms with Gasteiger partial charge in [-0.05, 0) is 71.1 Å². The van der Waals surface area contributed by atoms with Crippen LogP contribution in [0.5, 0.6) is 0 Å². The first-order chi connectivity index (χ1) is 10.2.